The molecule has 8 nitrogen and oxygen atoms in total. The highest BCUT2D eigenvalue weighted by Crippen LogP contribution is 2.32. The Bertz CT molecular complexity index is 547. The third-order valence-corrected chi connectivity index (χ3v) is 5.30. The van der Waals surface area contributed by atoms with E-state index in [1.165, 1.54) is 0 Å². The molecule has 3 fully saturated rings. The van der Waals surface area contributed by atoms with E-state index in [4.69, 9.17) is 14.5 Å². The number of hydrogen-bond donors (Lipinski definition) is 0. The molecule has 0 saturated carbocycles. The lowest BCUT2D eigenvalue weighted by atomic mass is 10.0. The summed E-state index contributed by atoms with van der Waals surface area (Å²) in [6, 6.07) is 0. The predicted octanol–water partition coefficient (Wildman–Crippen LogP) is 0.357. The molecule has 1 spiro atoms. The van der Waals surface area contributed by atoms with E-state index in [2.05, 4.69) is 31.8 Å². The lowest BCUT2D eigenvalue weighted by Crippen LogP contribution is -2.47. The highest BCUT2D eigenvalue weighted by atomic mass is 16.7. The topological polar surface area (TPSA) is 66.9 Å². The van der Waals surface area contributed by atoms with Gasteiger partial charge in [0.2, 0.25) is 5.95 Å². The number of anilines is 2. The molecule has 0 aliphatic carbocycles. The molecule has 24 heavy (non-hydrogen) atoms. The van der Waals surface area contributed by atoms with Crippen molar-refractivity contribution in [1.29, 1.82) is 0 Å². The summed E-state index contributed by atoms with van der Waals surface area (Å²) >= 11 is 0. The molecule has 0 N–H and O–H groups in total. The lowest BCUT2D eigenvalue weighted by Gasteiger charge is -2.38. The van der Waals surface area contributed by atoms with Gasteiger partial charge >= 0.3 is 0 Å². The van der Waals surface area contributed by atoms with Crippen LogP contribution in [0, 0.1) is 0 Å². The minimum Gasteiger partial charge on any atom is -0.355 e. The molecule has 3 aliphatic heterocycles. The van der Waals surface area contributed by atoms with Crippen molar-refractivity contribution in [1.82, 2.24) is 20.1 Å². The molecule has 1 aromatic rings. The first-order valence-corrected chi connectivity index (χ1v) is 8.98. The van der Waals surface area contributed by atoms with Crippen molar-refractivity contribution in [2.75, 3.05) is 68.8 Å². The summed E-state index contributed by atoms with van der Waals surface area (Å²) in [6.07, 6.45) is 3.52. The van der Waals surface area contributed by atoms with Gasteiger partial charge in [0.05, 0.1) is 19.4 Å². The SMILES string of the molecule is CCN1CCN(c2nncc(N3CCC4(CC3)OCCO4)n2)CC1. The fourth-order valence-corrected chi connectivity index (χ4v) is 3.70. The van der Waals surface area contributed by atoms with E-state index in [-0.39, 0.29) is 5.79 Å². The molecule has 0 unspecified atom stereocenters. The van der Waals surface area contributed by atoms with E-state index < -0.39 is 0 Å². The van der Waals surface area contributed by atoms with Crippen molar-refractivity contribution in [2.24, 2.45) is 0 Å². The maximum absolute atomic E-state index is 5.80. The Labute approximate surface area is 142 Å². The lowest BCUT2D eigenvalue weighted by molar-refractivity contribution is -0.169. The van der Waals surface area contributed by atoms with Gasteiger partial charge in [-0.15, -0.1) is 5.10 Å². The van der Waals surface area contributed by atoms with Crippen LogP contribution in [0.4, 0.5) is 11.8 Å². The Balaban J connectivity index is 1.40. The zero-order valence-corrected chi connectivity index (χ0v) is 14.4. The number of ether oxygens (including phenoxy) is 2. The van der Waals surface area contributed by atoms with E-state index >= 15 is 0 Å². The summed E-state index contributed by atoms with van der Waals surface area (Å²) in [7, 11) is 0. The molecule has 1 aromatic heterocycles. The van der Waals surface area contributed by atoms with Crippen molar-refractivity contribution in [3.63, 3.8) is 0 Å². The minimum absolute atomic E-state index is 0.351. The molecule has 0 atom stereocenters. The zero-order valence-electron chi connectivity index (χ0n) is 14.4. The number of piperazine rings is 1. The average Bonchev–Trinajstić information content (AvgIpc) is 3.10. The molecule has 3 aliphatic rings. The molecule has 4 heterocycles. The van der Waals surface area contributed by atoms with E-state index in [1.54, 1.807) is 6.20 Å². The first-order valence-electron chi connectivity index (χ1n) is 8.98. The van der Waals surface area contributed by atoms with Gasteiger partial charge in [0.15, 0.2) is 11.6 Å². The van der Waals surface area contributed by atoms with Crippen molar-refractivity contribution < 1.29 is 9.47 Å². The highest BCUT2D eigenvalue weighted by Gasteiger charge is 2.40. The summed E-state index contributed by atoms with van der Waals surface area (Å²) in [5.41, 5.74) is 0. The van der Waals surface area contributed by atoms with Gasteiger partial charge in [-0.3, -0.25) is 0 Å². The van der Waals surface area contributed by atoms with Gasteiger partial charge in [0.25, 0.3) is 0 Å². The fraction of sp³-hybridized carbons (Fsp3) is 0.812. The Kier molecular flexibility index (Phi) is 4.51. The molecule has 8 heteroatoms. The number of rotatable bonds is 3. The first-order chi connectivity index (χ1) is 11.8. The number of aromatic nitrogens is 3. The van der Waals surface area contributed by atoms with Crippen LogP contribution in [0.3, 0.4) is 0 Å². The van der Waals surface area contributed by atoms with Crippen molar-refractivity contribution in [3.05, 3.63) is 6.20 Å². The summed E-state index contributed by atoms with van der Waals surface area (Å²) in [4.78, 5) is 11.7. The second kappa shape index (κ2) is 6.78. The Hall–Kier alpha value is -1.51. The maximum Gasteiger partial charge on any atom is 0.247 e. The molecular formula is C16H26N6O2. The monoisotopic (exact) mass is 334 g/mol. The number of piperidine rings is 1. The molecular weight excluding hydrogens is 308 g/mol. The molecule has 132 valence electrons. The van der Waals surface area contributed by atoms with Crippen LogP contribution in [0.2, 0.25) is 0 Å². The summed E-state index contributed by atoms with van der Waals surface area (Å²) < 4.78 is 11.6. The van der Waals surface area contributed by atoms with Gasteiger partial charge in [0, 0.05) is 52.1 Å². The summed E-state index contributed by atoms with van der Waals surface area (Å²) in [5.74, 6) is 1.30. The molecule has 4 rings (SSSR count). The smallest absolute Gasteiger partial charge is 0.247 e. The minimum atomic E-state index is -0.351. The molecule has 3 saturated heterocycles. The van der Waals surface area contributed by atoms with Crippen LogP contribution in [-0.4, -0.2) is 84.9 Å². The van der Waals surface area contributed by atoms with Crippen LogP contribution < -0.4 is 9.80 Å². The van der Waals surface area contributed by atoms with Crippen LogP contribution in [0.1, 0.15) is 19.8 Å². The number of likely N-dealkylation sites (N-methyl/N-ethyl adjacent to an activating group) is 1. The van der Waals surface area contributed by atoms with Gasteiger partial charge in [0.1, 0.15) is 0 Å². The zero-order chi connectivity index (χ0) is 16.4. The van der Waals surface area contributed by atoms with Crippen LogP contribution in [0.15, 0.2) is 6.20 Å². The van der Waals surface area contributed by atoms with Gasteiger partial charge in [-0.25, -0.2) is 0 Å². The van der Waals surface area contributed by atoms with Crippen molar-refractivity contribution in [2.45, 2.75) is 25.6 Å². The van der Waals surface area contributed by atoms with E-state index in [1.807, 2.05) is 0 Å². The van der Waals surface area contributed by atoms with Gasteiger partial charge in [-0.2, -0.15) is 10.1 Å². The van der Waals surface area contributed by atoms with Crippen LogP contribution in [0.5, 0.6) is 0 Å². The highest BCUT2D eigenvalue weighted by molar-refractivity contribution is 5.42. The van der Waals surface area contributed by atoms with Gasteiger partial charge in [-0.1, -0.05) is 6.92 Å². The van der Waals surface area contributed by atoms with Crippen LogP contribution in [0.25, 0.3) is 0 Å². The standard InChI is InChI=1S/C16H26N6O2/c1-2-20-7-9-22(10-8-20)15-18-14(13-17-19-15)21-5-3-16(4-6-21)23-11-12-24-16/h13H,2-12H2,1H3. The fourth-order valence-electron chi connectivity index (χ4n) is 3.70. The van der Waals surface area contributed by atoms with Crippen molar-refractivity contribution in [3.8, 4) is 0 Å². The Morgan fingerprint density at radius 1 is 1.00 bits per heavy atom. The largest absolute Gasteiger partial charge is 0.355 e. The first kappa shape index (κ1) is 16.0. The van der Waals surface area contributed by atoms with Gasteiger partial charge < -0.3 is 24.2 Å². The maximum atomic E-state index is 5.80. The Morgan fingerprint density at radius 3 is 2.38 bits per heavy atom. The summed E-state index contributed by atoms with van der Waals surface area (Å²) in [5, 5.41) is 8.44. The molecule has 0 bridgehead atoms. The third kappa shape index (κ3) is 3.18. The van der Waals surface area contributed by atoms with Crippen molar-refractivity contribution >= 4 is 11.8 Å². The van der Waals surface area contributed by atoms with E-state index in [0.29, 0.717) is 13.2 Å². The molecule has 0 aromatic carbocycles. The van der Waals surface area contributed by atoms with Crippen LogP contribution in [-0.2, 0) is 9.47 Å². The number of hydrogen-bond acceptors (Lipinski definition) is 8. The molecule has 0 amide bonds. The third-order valence-electron chi connectivity index (χ3n) is 5.30. The Morgan fingerprint density at radius 2 is 1.71 bits per heavy atom. The normalized spacial score (nSPS) is 24.7. The average molecular weight is 334 g/mol. The molecule has 0 radical (unpaired) electrons. The second-order valence-electron chi connectivity index (χ2n) is 6.63. The summed E-state index contributed by atoms with van der Waals surface area (Å²) in [6.45, 7) is 10.5. The number of nitrogens with zero attached hydrogens (tertiary/aromatic N) is 6. The van der Waals surface area contributed by atoms with E-state index in [9.17, 15) is 0 Å². The second-order valence-corrected chi connectivity index (χ2v) is 6.63. The van der Waals surface area contributed by atoms with Crippen LogP contribution >= 0.6 is 0 Å². The predicted molar refractivity (Wildman–Crippen MR) is 90.2 cm³/mol. The van der Waals surface area contributed by atoms with Gasteiger partial charge in [-0.05, 0) is 6.54 Å². The quantitative estimate of drug-likeness (QED) is 0.785. The van der Waals surface area contributed by atoms with E-state index in [0.717, 1.165) is 70.4 Å².